The smallest absolute Gasteiger partial charge is 0.261 e. The quantitative estimate of drug-likeness (QED) is 0.612. The maximum Gasteiger partial charge on any atom is 0.261 e. The van der Waals surface area contributed by atoms with Crippen molar-refractivity contribution in [1.82, 2.24) is 10.2 Å². The fourth-order valence-electron chi connectivity index (χ4n) is 3.14. The molecule has 0 aliphatic rings. The molecule has 0 saturated heterocycles. The summed E-state index contributed by atoms with van der Waals surface area (Å²) < 4.78 is 16.3. The van der Waals surface area contributed by atoms with Gasteiger partial charge in [0.15, 0.2) is 18.1 Å². The lowest BCUT2D eigenvalue weighted by Crippen LogP contribution is -2.50. The molecule has 2 rings (SSSR count). The van der Waals surface area contributed by atoms with Gasteiger partial charge in [-0.1, -0.05) is 31.2 Å². The summed E-state index contributed by atoms with van der Waals surface area (Å²) in [4.78, 5) is 27.3. The van der Waals surface area contributed by atoms with Crippen molar-refractivity contribution in [3.05, 3.63) is 54.1 Å². The molecular formula is C23H30N2O5. The molecule has 0 saturated carbocycles. The Morgan fingerprint density at radius 2 is 1.73 bits per heavy atom. The molecule has 2 amide bonds. The fourth-order valence-corrected chi connectivity index (χ4v) is 3.14. The summed E-state index contributed by atoms with van der Waals surface area (Å²) in [5.74, 6) is 1.23. The molecule has 0 radical (unpaired) electrons. The third-order valence-corrected chi connectivity index (χ3v) is 4.64. The molecule has 1 unspecified atom stereocenters. The van der Waals surface area contributed by atoms with Crippen molar-refractivity contribution >= 4 is 11.8 Å². The summed E-state index contributed by atoms with van der Waals surface area (Å²) in [5, 5.41) is 2.81. The van der Waals surface area contributed by atoms with E-state index in [0.717, 1.165) is 5.56 Å². The van der Waals surface area contributed by atoms with Gasteiger partial charge in [-0.3, -0.25) is 9.59 Å². The van der Waals surface area contributed by atoms with Gasteiger partial charge in [-0.15, -0.1) is 0 Å². The van der Waals surface area contributed by atoms with Crippen LogP contribution in [0.4, 0.5) is 0 Å². The van der Waals surface area contributed by atoms with E-state index in [9.17, 15) is 9.59 Å². The average Bonchev–Trinajstić information content (AvgIpc) is 2.77. The summed E-state index contributed by atoms with van der Waals surface area (Å²) in [5.41, 5.74) is 0.864. The predicted molar refractivity (Wildman–Crippen MR) is 115 cm³/mol. The Morgan fingerprint density at radius 1 is 1.00 bits per heavy atom. The third-order valence-electron chi connectivity index (χ3n) is 4.64. The molecule has 0 bridgehead atoms. The van der Waals surface area contributed by atoms with E-state index in [4.69, 9.17) is 14.2 Å². The van der Waals surface area contributed by atoms with Crippen molar-refractivity contribution in [2.75, 3.05) is 27.4 Å². The number of likely N-dealkylation sites (N-methyl/N-ethyl adjacent to an activating group) is 1. The molecule has 1 atom stereocenters. The first-order valence-corrected chi connectivity index (χ1v) is 9.99. The number of ether oxygens (including phenoxy) is 3. The van der Waals surface area contributed by atoms with Crippen molar-refractivity contribution in [2.45, 2.75) is 32.9 Å². The van der Waals surface area contributed by atoms with Crippen LogP contribution in [-0.4, -0.2) is 50.1 Å². The lowest BCUT2D eigenvalue weighted by Gasteiger charge is -2.30. The van der Waals surface area contributed by atoms with Gasteiger partial charge in [0, 0.05) is 13.1 Å². The first-order valence-electron chi connectivity index (χ1n) is 9.99. The largest absolute Gasteiger partial charge is 0.497 e. The third kappa shape index (κ3) is 6.14. The highest BCUT2D eigenvalue weighted by Gasteiger charge is 2.28. The molecule has 30 heavy (non-hydrogen) atoms. The van der Waals surface area contributed by atoms with Gasteiger partial charge in [-0.2, -0.15) is 0 Å². The minimum Gasteiger partial charge on any atom is -0.497 e. The van der Waals surface area contributed by atoms with Crippen LogP contribution in [-0.2, 0) is 16.1 Å². The first-order chi connectivity index (χ1) is 14.5. The van der Waals surface area contributed by atoms with Crippen LogP contribution >= 0.6 is 0 Å². The Kier molecular flexibility index (Phi) is 9.00. The SMILES string of the molecule is CCNC(=O)C(CC)N(Cc1cccc(OC)c1)C(=O)COc1ccccc1OC. The van der Waals surface area contributed by atoms with Gasteiger partial charge in [0.05, 0.1) is 14.2 Å². The molecular weight excluding hydrogens is 384 g/mol. The molecule has 0 aliphatic carbocycles. The van der Waals surface area contributed by atoms with Crippen LogP contribution in [0.3, 0.4) is 0 Å². The van der Waals surface area contributed by atoms with E-state index >= 15 is 0 Å². The number of benzene rings is 2. The highest BCUT2D eigenvalue weighted by atomic mass is 16.5. The summed E-state index contributed by atoms with van der Waals surface area (Å²) in [6.45, 7) is 4.28. The standard InChI is InChI=1S/C23H30N2O5/c1-5-19(23(27)24-6-2)25(15-17-10-9-11-18(14-17)28-3)22(26)16-30-21-13-8-7-12-20(21)29-4/h7-14,19H,5-6,15-16H2,1-4H3,(H,24,27). The molecule has 2 aromatic carbocycles. The minimum atomic E-state index is -0.607. The van der Waals surface area contributed by atoms with Crippen LogP contribution in [0.25, 0.3) is 0 Å². The zero-order valence-electron chi connectivity index (χ0n) is 18.0. The molecule has 7 nitrogen and oxygen atoms in total. The zero-order valence-corrected chi connectivity index (χ0v) is 18.0. The van der Waals surface area contributed by atoms with Crippen LogP contribution in [0.5, 0.6) is 17.2 Å². The number of para-hydroxylation sites is 2. The Balaban J connectivity index is 2.24. The molecule has 0 heterocycles. The summed E-state index contributed by atoms with van der Waals surface area (Å²) >= 11 is 0. The number of carbonyl (C=O) groups excluding carboxylic acids is 2. The average molecular weight is 415 g/mol. The Labute approximate surface area is 177 Å². The second-order valence-corrected chi connectivity index (χ2v) is 6.63. The van der Waals surface area contributed by atoms with Gasteiger partial charge in [0.2, 0.25) is 5.91 Å². The lowest BCUT2D eigenvalue weighted by atomic mass is 10.1. The number of nitrogens with one attached hydrogen (secondary N) is 1. The van der Waals surface area contributed by atoms with Crippen LogP contribution < -0.4 is 19.5 Å². The second-order valence-electron chi connectivity index (χ2n) is 6.63. The van der Waals surface area contributed by atoms with E-state index in [0.29, 0.717) is 30.2 Å². The molecule has 0 spiro atoms. The van der Waals surface area contributed by atoms with Crippen molar-refractivity contribution in [2.24, 2.45) is 0 Å². The number of hydrogen-bond acceptors (Lipinski definition) is 5. The topological polar surface area (TPSA) is 77.1 Å². The van der Waals surface area contributed by atoms with Crippen molar-refractivity contribution in [3.63, 3.8) is 0 Å². The Hall–Kier alpha value is -3.22. The number of nitrogens with zero attached hydrogens (tertiary/aromatic N) is 1. The van der Waals surface area contributed by atoms with Gasteiger partial charge in [0.1, 0.15) is 11.8 Å². The number of rotatable bonds is 11. The van der Waals surface area contributed by atoms with E-state index < -0.39 is 6.04 Å². The van der Waals surface area contributed by atoms with Crippen molar-refractivity contribution in [1.29, 1.82) is 0 Å². The van der Waals surface area contributed by atoms with Crippen LogP contribution in [0.1, 0.15) is 25.8 Å². The van der Waals surface area contributed by atoms with Gasteiger partial charge in [-0.05, 0) is 43.2 Å². The maximum atomic E-state index is 13.1. The fraction of sp³-hybridized carbons (Fsp3) is 0.391. The normalized spacial score (nSPS) is 11.3. The molecule has 7 heteroatoms. The molecule has 0 aliphatic heterocycles. The van der Waals surface area contributed by atoms with E-state index in [1.54, 1.807) is 37.3 Å². The molecule has 162 valence electrons. The lowest BCUT2D eigenvalue weighted by molar-refractivity contribution is -0.142. The van der Waals surface area contributed by atoms with Crippen LogP contribution in [0.15, 0.2) is 48.5 Å². The van der Waals surface area contributed by atoms with Crippen LogP contribution in [0, 0.1) is 0 Å². The van der Waals surface area contributed by atoms with E-state index in [1.165, 1.54) is 0 Å². The molecule has 2 aromatic rings. The van der Waals surface area contributed by atoms with Crippen molar-refractivity contribution in [3.8, 4) is 17.2 Å². The molecule has 1 N–H and O–H groups in total. The van der Waals surface area contributed by atoms with E-state index in [1.807, 2.05) is 44.2 Å². The van der Waals surface area contributed by atoms with Gasteiger partial charge in [-0.25, -0.2) is 0 Å². The Bertz CT molecular complexity index is 840. The monoisotopic (exact) mass is 414 g/mol. The second kappa shape index (κ2) is 11.7. The predicted octanol–water partition coefficient (Wildman–Crippen LogP) is 3.03. The number of hydrogen-bond donors (Lipinski definition) is 1. The summed E-state index contributed by atoms with van der Waals surface area (Å²) in [6, 6.07) is 14.0. The first kappa shape index (κ1) is 23.1. The van der Waals surface area contributed by atoms with Gasteiger partial charge < -0.3 is 24.4 Å². The Morgan fingerprint density at radius 3 is 2.37 bits per heavy atom. The summed E-state index contributed by atoms with van der Waals surface area (Å²) in [7, 11) is 3.13. The maximum absolute atomic E-state index is 13.1. The molecule has 0 aromatic heterocycles. The van der Waals surface area contributed by atoms with Crippen LogP contribution in [0.2, 0.25) is 0 Å². The highest BCUT2D eigenvalue weighted by molar-refractivity contribution is 5.88. The number of carbonyl (C=O) groups is 2. The summed E-state index contributed by atoms with van der Waals surface area (Å²) in [6.07, 6.45) is 0.482. The molecule has 0 fully saturated rings. The highest BCUT2D eigenvalue weighted by Crippen LogP contribution is 2.26. The van der Waals surface area contributed by atoms with E-state index in [-0.39, 0.29) is 25.0 Å². The van der Waals surface area contributed by atoms with Gasteiger partial charge >= 0.3 is 0 Å². The zero-order chi connectivity index (χ0) is 21.9. The van der Waals surface area contributed by atoms with E-state index in [2.05, 4.69) is 5.32 Å². The van der Waals surface area contributed by atoms with Crippen molar-refractivity contribution < 1.29 is 23.8 Å². The van der Waals surface area contributed by atoms with Gasteiger partial charge in [0.25, 0.3) is 5.91 Å². The number of amides is 2. The minimum absolute atomic E-state index is 0.187. The number of methoxy groups -OCH3 is 2.